The van der Waals surface area contributed by atoms with Crippen molar-refractivity contribution in [3.63, 3.8) is 0 Å². The topological polar surface area (TPSA) is 38.5 Å². The van der Waals surface area contributed by atoms with Gasteiger partial charge in [0.1, 0.15) is 5.75 Å². The summed E-state index contributed by atoms with van der Waals surface area (Å²) in [5.74, 6) is -1.90. The van der Waals surface area contributed by atoms with E-state index in [1.54, 1.807) is 19.2 Å². The summed E-state index contributed by atoms with van der Waals surface area (Å²) in [6, 6.07) is 5.28. The fraction of sp³-hybridized carbons (Fsp3) is 0.500. The minimum Gasteiger partial charge on any atom is -0.495 e. The molecular formula is C12H16F2N2O. The van der Waals surface area contributed by atoms with E-state index in [0.29, 0.717) is 24.5 Å². The second-order valence-electron chi connectivity index (χ2n) is 4.27. The molecule has 0 bridgehead atoms. The second kappa shape index (κ2) is 4.39. The lowest BCUT2D eigenvalue weighted by Crippen LogP contribution is -2.39. The van der Waals surface area contributed by atoms with Gasteiger partial charge in [0.2, 0.25) is 0 Å². The monoisotopic (exact) mass is 242 g/mol. The van der Waals surface area contributed by atoms with Gasteiger partial charge in [-0.1, -0.05) is 0 Å². The summed E-state index contributed by atoms with van der Waals surface area (Å²) in [7, 11) is 1.55. The summed E-state index contributed by atoms with van der Waals surface area (Å²) in [6.45, 7) is 0.681. The number of methoxy groups -OCH3 is 1. The van der Waals surface area contributed by atoms with Crippen molar-refractivity contribution in [1.82, 2.24) is 0 Å². The molecule has 0 saturated carbocycles. The average molecular weight is 242 g/mol. The van der Waals surface area contributed by atoms with Crippen LogP contribution in [0.5, 0.6) is 5.75 Å². The number of benzene rings is 1. The minimum atomic E-state index is -2.53. The van der Waals surface area contributed by atoms with Crippen LogP contribution in [0.15, 0.2) is 18.2 Å². The van der Waals surface area contributed by atoms with Gasteiger partial charge in [0.05, 0.1) is 12.8 Å². The number of anilines is 2. The van der Waals surface area contributed by atoms with Gasteiger partial charge >= 0.3 is 0 Å². The molecule has 1 aliphatic heterocycles. The molecule has 0 spiro atoms. The van der Waals surface area contributed by atoms with Crippen molar-refractivity contribution >= 4 is 11.4 Å². The van der Waals surface area contributed by atoms with Gasteiger partial charge in [-0.2, -0.15) is 0 Å². The molecule has 17 heavy (non-hydrogen) atoms. The lowest BCUT2D eigenvalue weighted by molar-refractivity contribution is -0.0221. The number of nitrogen functional groups attached to an aromatic ring is 1. The minimum absolute atomic E-state index is 0.111. The van der Waals surface area contributed by atoms with E-state index >= 15 is 0 Å². The van der Waals surface area contributed by atoms with Gasteiger partial charge in [-0.15, -0.1) is 0 Å². The van der Waals surface area contributed by atoms with Crippen molar-refractivity contribution in [2.75, 3.05) is 30.8 Å². The molecular weight excluding hydrogens is 226 g/mol. The molecule has 2 rings (SSSR count). The van der Waals surface area contributed by atoms with Gasteiger partial charge in [0.15, 0.2) is 0 Å². The zero-order valence-electron chi connectivity index (χ0n) is 9.75. The zero-order valence-corrected chi connectivity index (χ0v) is 9.75. The standard InChI is InChI=1S/C12H16F2N2O/c1-17-11-8-9(15)2-3-10(11)16-6-4-12(13,14)5-7-16/h2-3,8H,4-7,15H2,1H3. The first-order valence-corrected chi connectivity index (χ1v) is 5.58. The second-order valence-corrected chi connectivity index (χ2v) is 4.27. The summed E-state index contributed by atoms with van der Waals surface area (Å²) < 4.78 is 31.3. The van der Waals surface area contributed by atoms with E-state index in [2.05, 4.69) is 0 Å². The first-order valence-electron chi connectivity index (χ1n) is 5.58. The summed E-state index contributed by atoms with van der Waals surface area (Å²) in [5.41, 5.74) is 7.09. The number of ether oxygens (including phenoxy) is 1. The summed E-state index contributed by atoms with van der Waals surface area (Å²) in [4.78, 5) is 1.91. The van der Waals surface area contributed by atoms with Gasteiger partial charge in [0.25, 0.3) is 5.92 Å². The third-order valence-corrected chi connectivity index (χ3v) is 3.04. The van der Waals surface area contributed by atoms with E-state index in [9.17, 15) is 8.78 Å². The largest absolute Gasteiger partial charge is 0.495 e. The molecule has 5 heteroatoms. The van der Waals surface area contributed by atoms with Crippen LogP contribution in [-0.4, -0.2) is 26.1 Å². The highest BCUT2D eigenvalue weighted by Crippen LogP contribution is 2.35. The molecule has 0 unspecified atom stereocenters. The number of halogens is 2. The van der Waals surface area contributed by atoms with Crippen LogP contribution in [0.3, 0.4) is 0 Å². The van der Waals surface area contributed by atoms with Gasteiger partial charge < -0.3 is 15.4 Å². The predicted octanol–water partition coefficient (Wildman–Crippen LogP) is 2.51. The van der Waals surface area contributed by atoms with E-state index in [1.807, 2.05) is 11.0 Å². The van der Waals surface area contributed by atoms with Crippen LogP contribution in [0.4, 0.5) is 20.2 Å². The first kappa shape index (κ1) is 12.0. The molecule has 0 aromatic heterocycles. The third-order valence-electron chi connectivity index (χ3n) is 3.04. The Kier molecular flexibility index (Phi) is 3.09. The molecule has 0 amide bonds. The maximum Gasteiger partial charge on any atom is 0.251 e. The number of hydrogen-bond acceptors (Lipinski definition) is 3. The Balaban J connectivity index is 2.18. The number of piperidine rings is 1. The summed E-state index contributed by atoms with van der Waals surface area (Å²) in [5, 5.41) is 0. The third kappa shape index (κ3) is 2.60. The van der Waals surface area contributed by atoms with Crippen molar-refractivity contribution in [3.8, 4) is 5.75 Å². The molecule has 1 fully saturated rings. The van der Waals surface area contributed by atoms with Crippen LogP contribution in [-0.2, 0) is 0 Å². The van der Waals surface area contributed by atoms with Gasteiger partial charge in [-0.3, -0.25) is 0 Å². The molecule has 1 aliphatic rings. The van der Waals surface area contributed by atoms with Crippen molar-refractivity contribution in [2.45, 2.75) is 18.8 Å². The Morgan fingerprint density at radius 2 is 1.94 bits per heavy atom. The van der Waals surface area contributed by atoms with Crippen LogP contribution in [0.2, 0.25) is 0 Å². The van der Waals surface area contributed by atoms with Crippen LogP contribution >= 0.6 is 0 Å². The van der Waals surface area contributed by atoms with E-state index in [-0.39, 0.29) is 12.8 Å². The highest BCUT2D eigenvalue weighted by molar-refractivity contribution is 5.64. The van der Waals surface area contributed by atoms with E-state index < -0.39 is 5.92 Å². The van der Waals surface area contributed by atoms with Crippen LogP contribution in [0.25, 0.3) is 0 Å². The molecule has 3 nitrogen and oxygen atoms in total. The zero-order chi connectivity index (χ0) is 12.5. The maximum atomic E-state index is 13.1. The molecule has 1 heterocycles. The number of hydrogen-bond donors (Lipinski definition) is 1. The molecule has 0 atom stereocenters. The van der Waals surface area contributed by atoms with Crippen molar-refractivity contribution in [2.24, 2.45) is 0 Å². The number of rotatable bonds is 2. The molecule has 1 aromatic carbocycles. The average Bonchev–Trinajstić information content (AvgIpc) is 2.29. The van der Waals surface area contributed by atoms with Gasteiger partial charge in [-0.25, -0.2) is 8.78 Å². The maximum absolute atomic E-state index is 13.1. The first-order chi connectivity index (χ1) is 8.02. The Morgan fingerprint density at radius 1 is 1.29 bits per heavy atom. The van der Waals surface area contributed by atoms with E-state index in [0.717, 1.165) is 5.69 Å². The fourth-order valence-electron chi connectivity index (χ4n) is 2.03. The summed E-state index contributed by atoms with van der Waals surface area (Å²) in [6.07, 6.45) is -0.221. The highest BCUT2D eigenvalue weighted by Gasteiger charge is 2.34. The Hall–Kier alpha value is -1.52. The SMILES string of the molecule is COc1cc(N)ccc1N1CCC(F)(F)CC1. The summed E-state index contributed by atoms with van der Waals surface area (Å²) >= 11 is 0. The number of nitrogens with zero attached hydrogens (tertiary/aromatic N) is 1. The van der Waals surface area contributed by atoms with E-state index in [1.165, 1.54) is 0 Å². The lowest BCUT2D eigenvalue weighted by Gasteiger charge is -2.34. The van der Waals surface area contributed by atoms with E-state index in [4.69, 9.17) is 10.5 Å². The predicted molar refractivity (Wildman–Crippen MR) is 63.8 cm³/mol. The molecule has 1 aromatic rings. The normalized spacial score (nSPS) is 19.1. The Bertz CT molecular complexity index is 399. The quantitative estimate of drug-likeness (QED) is 0.810. The van der Waals surface area contributed by atoms with Crippen molar-refractivity contribution in [1.29, 1.82) is 0 Å². The molecule has 1 saturated heterocycles. The van der Waals surface area contributed by atoms with Crippen molar-refractivity contribution in [3.05, 3.63) is 18.2 Å². The molecule has 2 N–H and O–H groups in total. The lowest BCUT2D eigenvalue weighted by atomic mass is 10.1. The van der Waals surface area contributed by atoms with Crippen LogP contribution < -0.4 is 15.4 Å². The molecule has 0 radical (unpaired) electrons. The molecule has 0 aliphatic carbocycles. The van der Waals surface area contributed by atoms with Crippen LogP contribution in [0, 0.1) is 0 Å². The fourth-order valence-corrected chi connectivity index (χ4v) is 2.03. The highest BCUT2D eigenvalue weighted by atomic mass is 19.3. The van der Waals surface area contributed by atoms with Crippen molar-refractivity contribution < 1.29 is 13.5 Å². The Morgan fingerprint density at radius 3 is 2.53 bits per heavy atom. The van der Waals surface area contributed by atoms with Crippen LogP contribution in [0.1, 0.15) is 12.8 Å². The van der Waals surface area contributed by atoms with Gasteiger partial charge in [-0.05, 0) is 12.1 Å². The molecule has 94 valence electrons. The number of alkyl halides is 2. The number of nitrogens with two attached hydrogens (primary N) is 1. The smallest absolute Gasteiger partial charge is 0.251 e. The Labute approximate surface area is 99.2 Å². The van der Waals surface area contributed by atoms with Gasteiger partial charge in [0, 0.05) is 37.7 Å².